The number of amides is 1. The van der Waals surface area contributed by atoms with Crippen molar-refractivity contribution >= 4 is 5.91 Å². The number of hydrogen-bond donors (Lipinski definition) is 1. The molecule has 1 amide bonds. The summed E-state index contributed by atoms with van der Waals surface area (Å²) in [4.78, 5) is 12.1. The topological polar surface area (TPSA) is 68.0 Å². The van der Waals surface area contributed by atoms with Crippen molar-refractivity contribution in [3.8, 4) is 11.5 Å². The molecule has 0 bridgehead atoms. The van der Waals surface area contributed by atoms with Gasteiger partial charge in [0, 0.05) is 12.1 Å². The smallest absolute Gasteiger partial charge is 0.416 e. The van der Waals surface area contributed by atoms with Gasteiger partial charge >= 0.3 is 6.18 Å². The predicted molar refractivity (Wildman–Crippen MR) is 99.0 cm³/mol. The van der Waals surface area contributed by atoms with Crippen LogP contribution in [0.1, 0.15) is 35.9 Å². The van der Waals surface area contributed by atoms with Crippen LogP contribution in [0.3, 0.4) is 0 Å². The van der Waals surface area contributed by atoms with E-state index in [0.717, 1.165) is 23.3 Å². The van der Waals surface area contributed by atoms with E-state index in [4.69, 9.17) is 4.42 Å². The largest absolute Gasteiger partial charge is 0.420 e. The second-order valence-electron chi connectivity index (χ2n) is 7.28. The first-order valence-electron chi connectivity index (χ1n) is 9.14. The highest BCUT2D eigenvalue weighted by molar-refractivity contribution is 5.88. The van der Waals surface area contributed by atoms with E-state index >= 15 is 0 Å². The minimum Gasteiger partial charge on any atom is -0.420 e. The third-order valence-electron chi connectivity index (χ3n) is 5.23. The zero-order chi connectivity index (χ0) is 20.6. The normalized spacial score (nSPS) is 19.4. The van der Waals surface area contributed by atoms with E-state index < -0.39 is 17.2 Å². The molecule has 1 fully saturated rings. The summed E-state index contributed by atoms with van der Waals surface area (Å²) < 4.78 is 44.1. The Kier molecular flexibility index (Phi) is 4.64. The molecule has 3 aromatic rings. The molecule has 1 saturated heterocycles. The summed E-state index contributed by atoms with van der Waals surface area (Å²) in [6.07, 6.45) is -3.39. The third-order valence-corrected chi connectivity index (χ3v) is 5.23. The third kappa shape index (κ3) is 3.62. The molecule has 150 valence electrons. The maximum atomic E-state index is 12.8. The Morgan fingerprint density at radius 1 is 1.10 bits per heavy atom. The van der Waals surface area contributed by atoms with Crippen LogP contribution in [0.25, 0.3) is 11.5 Å². The van der Waals surface area contributed by atoms with Crippen molar-refractivity contribution in [3.05, 3.63) is 71.1 Å². The van der Waals surface area contributed by atoms with Crippen molar-refractivity contribution < 1.29 is 22.4 Å². The van der Waals surface area contributed by atoms with Gasteiger partial charge in [-0.05, 0) is 49.1 Å². The van der Waals surface area contributed by atoms with E-state index in [2.05, 4.69) is 15.5 Å². The van der Waals surface area contributed by atoms with E-state index in [9.17, 15) is 18.0 Å². The van der Waals surface area contributed by atoms with Crippen molar-refractivity contribution in [2.24, 2.45) is 0 Å². The maximum Gasteiger partial charge on any atom is 0.416 e. The molecule has 0 saturated carbocycles. The molecule has 1 N–H and O–H groups in total. The van der Waals surface area contributed by atoms with Gasteiger partial charge in [-0.25, -0.2) is 0 Å². The Bertz CT molecular complexity index is 1040. The van der Waals surface area contributed by atoms with E-state index in [1.165, 1.54) is 12.1 Å². The molecule has 1 aromatic heterocycles. The number of carbonyl (C=O) groups is 1. The molecule has 0 spiro atoms. The van der Waals surface area contributed by atoms with Crippen molar-refractivity contribution in [2.75, 3.05) is 6.54 Å². The van der Waals surface area contributed by atoms with Crippen LogP contribution in [0.5, 0.6) is 0 Å². The Labute approximate surface area is 165 Å². The Morgan fingerprint density at radius 3 is 2.48 bits per heavy atom. The molecule has 8 heteroatoms. The zero-order valence-electron chi connectivity index (χ0n) is 15.6. The molecule has 1 aliphatic heterocycles. The average Bonchev–Trinajstić information content (AvgIpc) is 3.30. The highest BCUT2D eigenvalue weighted by Crippen LogP contribution is 2.34. The number of alkyl halides is 3. The number of hydrogen-bond acceptors (Lipinski definition) is 4. The zero-order valence-corrected chi connectivity index (χ0v) is 15.6. The number of nitrogens with zero attached hydrogens (tertiary/aromatic N) is 2. The van der Waals surface area contributed by atoms with Gasteiger partial charge in [-0.3, -0.25) is 4.79 Å². The van der Waals surface area contributed by atoms with Gasteiger partial charge in [-0.1, -0.05) is 30.3 Å². The van der Waals surface area contributed by atoms with Gasteiger partial charge in [0.25, 0.3) is 0 Å². The SMILES string of the molecule is C[C@@]1(c2nnc(-c3ccccc3Cc3ccc(C(F)(F)F)cc3)o2)CCNC1=O. The maximum absolute atomic E-state index is 12.8. The molecule has 1 atom stereocenters. The first-order chi connectivity index (χ1) is 13.8. The van der Waals surface area contributed by atoms with E-state index in [1.807, 2.05) is 24.3 Å². The lowest BCUT2D eigenvalue weighted by Gasteiger charge is -2.14. The van der Waals surface area contributed by atoms with Gasteiger partial charge in [0.1, 0.15) is 5.41 Å². The summed E-state index contributed by atoms with van der Waals surface area (Å²) in [6, 6.07) is 12.4. The second-order valence-corrected chi connectivity index (χ2v) is 7.28. The van der Waals surface area contributed by atoms with E-state index in [-0.39, 0.29) is 17.7 Å². The number of carbonyl (C=O) groups excluding carboxylic acids is 1. The fraction of sp³-hybridized carbons (Fsp3) is 0.286. The standard InChI is InChI=1S/C21H18F3N3O2/c1-20(10-11-25-18(20)28)19-27-26-17(29-19)16-5-3-2-4-14(16)12-13-6-8-15(9-7-13)21(22,23)24/h2-9H,10-12H2,1H3,(H,25,28)/t20-/m1/s1. The molecule has 0 unspecified atom stereocenters. The first kappa shape index (κ1) is 19.2. The number of rotatable bonds is 4. The van der Waals surface area contributed by atoms with Crippen LogP contribution in [0.4, 0.5) is 13.2 Å². The van der Waals surface area contributed by atoms with Gasteiger partial charge in [0.15, 0.2) is 0 Å². The lowest BCUT2D eigenvalue weighted by molar-refractivity contribution is -0.137. The van der Waals surface area contributed by atoms with Crippen LogP contribution in [-0.4, -0.2) is 22.6 Å². The molecular formula is C21H18F3N3O2. The highest BCUT2D eigenvalue weighted by Gasteiger charge is 2.44. The second kappa shape index (κ2) is 7.02. The Balaban J connectivity index is 1.62. The quantitative estimate of drug-likeness (QED) is 0.714. The van der Waals surface area contributed by atoms with E-state index in [1.54, 1.807) is 6.92 Å². The van der Waals surface area contributed by atoms with Gasteiger partial charge in [-0.2, -0.15) is 13.2 Å². The summed E-state index contributed by atoms with van der Waals surface area (Å²) in [5.74, 6) is 0.390. The van der Waals surface area contributed by atoms with Gasteiger partial charge in [0.2, 0.25) is 17.7 Å². The fourth-order valence-corrected chi connectivity index (χ4v) is 3.41. The minimum absolute atomic E-state index is 0.147. The summed E-state index contributed by atoms with van der Waals surface area (Å²) in [6.45, 7) is 2.32. The van der Waals surface area contributed by atoms with Crippen LogP contribution in [0, 0.1) is 0 Å². The van der Waals surface area contributed by atoms with Gasteiger partial charge < -0.3 is 9.73 Å². The van der Waals surface area contributed by atoms with Gasteiger partial charge in [0.05, 0.1) is 5.56 Å². The molecular weight excluding hydrogens is 383 g/mol. The first-order valence-corrected chi connectivity index (χ1v) is 9.14. The van der Waals surface area contributed by atoms with Crippen molar-refractivity contribution in [1.29, 1.82) is 0 Å². The summed E-state index contributed by atoms with van der Waals surface area (Å²) in [5, 5.41) is 11.0. The summed E-state index contributed by atoms with van der Waals surface area (Å²) >= 11 is 0. The van der Waals surface area contributed by atoms with Crippen molar-refractivity contribution in [2.45, 2.75) is 31.4 Å². The molecule has 0 radical (unpaired) electrons. The Hall–Kier alpha value is -3.16. The molecule has 2 heterocycles. The molecule has 2 aromatic carbocycles. The van der Waals surface area contributed by atoms with Gasteiger partial charge in [-0.15, -0.1) is 10.2 Å². The number of nitrogens with one attached hydrogen (secondary N) is 1. The van der Waals surface area contributed by atoms with Crippen LogP contribution in [0.2, 0.25) is 0 Å². The lowest BCUT2D eigenvalue weighted by Crippen LogP contribution is -2.32. The Morgan fingerprint density at radius 2 is 1.83 bits per heavy atom. The predicted octanol–water partition coefficient (Wildman–Crippen LogP) is 4.12. The number of benzene rings is 2. The summed E-state index contributed by atoms with van der Waals surface area (Å²) in [5.41, 5.74) is 0.719. The average molecular weight is 401 g/mol. The molecule has 4 rings (SSSR count). The van der Waals surface area contributed by atoms with E-state index in [0.29, 0.717) is 24.9 Å². The molecule has 1 aliphatic rings. The lowest BCUT2D eigenvalue weighted by atomic mass is 9.89. The number of aromatic nitrogens is 2. The van der Waals surface area contributed by atoms with Crippen LogP contribution < -0.4 is 5.32 Å². The van der Waals surface area contributed by atoms with Crippen molar-refractivity contribution in [3.63, 3.8) is 0 Å². The van der Waals surface area contributed by atoms with Crippen LogP contribution >= 0.6 is 0 Å². The van der Waals surface area contributed by atoms with Crippen LogP contribution in [0.15, 0.2) is 52.9 Å². The van der Waals surface area contributed by atoms with Crippen molar-refractivity contribution in [1.82, 2.24) is 15.5 Å². The molecule has 0 aliphatic carbocycles. The molecule has 29 heavy (non-hydrogen) atoms. The number of halogens is 3. The summed E-state index contributed by atoms with van der Waals surface area (Å²) in [7, 11) is 0. The molecule has 5 nitrogen and oxygen atoms in total. The monoisotopic (exact) mass is 401 g/mol. The fourth-order valence-electron chi connectivity index (χ4n) is 3.41. The van der Waals surface area contributed by atoms with Crippen LogP contribution in [-0.2, 0) is 22.8 Å². The minimum atomic E-state index is -4.36. The highest BCUT2D eigenvalue weighted by atomic mass is 19.4.